The summed E-state index contributed by atoms with van der Waals surface area (Å²) in [7, 11) is 0. The first kappa shape index (κ1) is 13.6. The minimum atomic E-state index is -0.979. The van der Waals surface area contributed by atoms with Crippen LogP contribution >= 0.6 is 0 Å². The number of hydrogen-bond acceptors (Lipinski definition) is 3. The van der Waals surface area contributed by atoms with Crippen molar-refractivity contribution in [2.45, 2.75) is 32.2 Å². The summed E-state index contributed by atoms with van der Waals surface area (Å²) < 4.78 is 0. The quantitative estimate of drug-likeness (QED) is 0.418. The molecule has 0 aromatic heterocycles. The van der Waals surface area contributed by atoms with Crippen LogP contribution in [-0.2, 0) is 9.59 Å². The number of carboxylic acids is 1. The van der Waals surface area contributed by atoms with Crippen molar-refractivity contribution in [1.82, 2.24) is 5.32 Å². The molecule has 0 aromatic carbocycles. The molecule has 1 atom stereocenters. The second-order valence-corrected chi connectivity index (χ2v) is 3.23. The fourth-order valence-corrected chi connectivity index (χ4v) is 1.03. The summed E-state index contributed by atoms with van der Waals surface area (Å²) in [5, 5.41) is 11.2. The number of rotatable bonds is 7. The predicted molar refractivity (Wildman–Crippen MR) is 57.3 cm³/mol. The molecule has 0 fully saturated rings. The minimum Gasteiger partial charge on any atom is -0.480 e. The molecule has 0 aliphatic rings. The third kappa shape index (κ3) is 7.69. The maximum absolute atomic E-state index is 10.9. The van der Waals surface area contributed by atoms with Gasteiger partial charge in [-0.2, -0.15) is 0 Å². The smallest absolute Gasteiger partial charge is 0.320 e. The van der Waals surface area contributed by atoms with Crippen LogP contribution in [0.25, 0.3) is 0 Å². The van der Waals surface area contributed by atoms with Crippen LogP contribution in [-0.4, -0.2) is 29.6 Å². The molecule has 4 N–H and O–H groups in total. The number of carboxylic acid groups (broad SMARTS) is 1. The van der Waals surface area contributed by atoms with Gasteiger partial charge < -0.3 is 16.2 Å². The normalized spacial score (nSPS) is 12.7. The number of nitrogens with one attached hydrogen (secondary N) is 1. The number of amides is 1. The van der Waals surface area contributed by atoms with E-state index in [1.165, 1.54) is 6.08 Å². The molecular weight excluding hydrogens is 196 g/mol. The van der Waals surface area contributed by atoms with Crippen molar-refractivity contribution in [3.05, 3.63) is 12.2 Å². The van der Waals surface area contributed by atoms with E-state index in [9.17, 15) is 9.59 Å². The third-order valence-electron chi connectivity index (χ3n) is 1.88. The van der Waals surface area contributed by atoms with Crippen LogP contribution in [0, 0.1) is 0 Å². The predicted octanol–water partition coefficient (Wildman–Crippen LogP) is 0.261. The van der Waals surface area contributed by atoms with Gasteiger partial charge in [-0.1, -0.05) is 6.08 Å². The van der Waals surface area contributed by atoms with Crippen molar-refractivity contribution >= 4 is 11.9 Å². The largest absolute Gasteiger partial charge is 0.480 e. The first-order chi connectivity index (χ1) is 7.07. The molecule has 0 rings (SSSR count). The first-order valence-corrected chi connectivity index (χ1v) is 4.97. The average molecular weight is 214 g/mol. The van der Waals surface area contributed by atoms with Crippen molar-refractivity contribution < 1.29 is 14.7 Å². The van der Waals surface area contributed by atoms with Gasteiger partial charge in [0.1, 0.15) is 6.04 Å². The van der Waals surface area contributed by atoms with Crippen molar-refractivity contribution in [2.75, 3.05) is 6.54 Å². The van der Waals surface area contributed by atoms with Gasteiger partial charge in [0.25, 0.3) is 0 Å². The fraction of sp³-hybridized carbons (Fsp3) is 0.600. The third-order valence-corrected chi connectivity index (χ3v) is 1.88. The molecule has 0 spiro atoms. The molecule has 15 heavy (non-hydrogen) atoms. The molecule has 5 heteroatoms. The van der Waals surface area contributed by atoms with E-state index >= 15 is 0 Å². The van der Waals surface area contributed by atoms with E-state index in [0.29, 0.717) is 19.4 Å². The Morgan fingerprint density at radius 2 is 2.13 bits per heavy atom. The Morgan fingerprint density at radius 3 is 2.67 bits per heavy atom. The monoisotopic (exact) mass is 214 g/mol. The number of aliphatic carboxylic acids is 1. The highest BCUT2D eigenvalue weighted by Crippen LogP contribution is 1.98. The lowest BCUT2D eigenvalue weighted by Gasteiger charge is -2.05. The standard InChI is InChI=1S/C10H18N2O3/c1-2-5-9(13)12-7-4-3-6-8(11)10(14)15/h2,5,8H,3-4,6-7,11H2,1H3,(H,12,13)(H,14,15)/t8-/m0/s1. The van der Waals surface area contributed by atoms with E-state index in [2.05, 4.69) is 5.32 Å². The summed E-state index contributed by atoms with van der Waals surface area (Å²) in [6, 6.07) is -0.795. The number of carbonyl (C=O) groups is 2. The van der Waals surface area contributed by atoms with Crippen LogP contribution in [0.2, 0.25) is 0 Å². The van der Waals surface area contributed by atoms with E-state index in [1.54, 1.807) is 13.0 Å². The molecular formula is C10H18N2O3. The molecule has 5 nitrogen and oxygen atoms in total. The van der Waals surface area contributed by atoms with Crippen LogP contribution in [0.15, 0.2) is 12.2 Å². The van der Waals surface area contributed by atoms with Gasteiger partial charge in [-0.05, 0) is 32.3 Å². The minimum absolute atomic E-state index is 0.125. The summed E-state index contributed by atoms with van der Waals surface area (Å²) in [5.74, 6) is -1.10. The zero-order valence-corrected chi connectivity index (χ0v) is 8.90. The van der Waals surface area contributed by atoms with Crippen molar-refractivity contribution in [3.63, 3.8) is 0 Å². The van der Waals surface area contributed by atoms with Crippen molar-refractivity contribution in [3.8, 4) is 0 Å². The van der Waals surface area contributed by atoms with E-state index in [4.69, 9.17) is 10.8 Å². The summed E-state index contributed by atoms with van der Waals surface area (Å²) in [4.78, 5) is 21.3. The lowest BCUT2D eigenvalue weighted by molar-refractivity contribution is -0.138. The van der Waals surface area contributed by atoms with Crippen molar-refractivity contribution in [2.24, 2.45) is 5.73 Å². The maximum Gasteiger partial charge on any atom is 0.320 e. The highest BCUT2D eigenvalue weighted by molar-refractivity contribution is 5.87. The zero-order valence-electron chi connectivity index (χ0n) is 8.90. The number of carbonyl (C=O) groups excluding carboxylic acids is 1. The van der Waals surface area contributed by atoms with Crippen LogP contribution in [0.5, 0.6) is 0 Å². The molecule has 86 valence electrons. The summed E-state index contributed by atoms with van der Waals surface area (Å²) in [6.07, 6.45) is 4.99. The average Bonchev–Trinajstić information content (AvgIpc) is 2.17. The van der Waals surface area contributed by atoms with E-state index in [0.717, 1.165) is 6.42 Å². The Hall–Kier alpha value is -1.36. The molecule has 1 amide bonds. The maximum atomic E-state index is 10.9. The Labute approximate surface area is 89.3 Å². The molecule has 0 aromatic rings. The van der Waals surface area contributed by atoms with Gasteiger partial charge in [-0.15, -0.1) is 0 Å². The molecule has 0 bridgehead atoms. The lowest BCUT2D eigenvalue weighted by atomic mass is 10.1. The van der Waals surface area contributed by atoms with Gasteiger partial charge in [0, 0.05) is 6.54 Å². The van der Waals surface area contributed by atoms with Crippen LogP contribution < -0.4 is 11.1 Å². The SMILES string of the molecule is CC=CC(=O)NCCCC[C@H](N)C(=O)O. The summed E-state index contributed by atoms with van der Waals surface area (Å²) in [6.45, 7) is 2.32. The highest BCUT2D eigenvalue weighted by atomic mass is 16.4. The second-order valence-electron chi connectivity index (χ2n) is 3.23. The second kappa shape index (κ2) is 7.99. The lowest BCUT2D eigenvalue weighted by Crippen LogP contribution is -2.30. The Morgan fingerprint density at radius 1 is 1.47 bits per heavy atom. The Kier molecular flexibility index (Phi) is 7.27. The molecule has 0 saturated heterocycles. The molecule has 0 unspecified atom stereocenters. The molecule has 0 radical (unpaired) electrons. The number of allylic oxidation sites excluding steroid dienone is 1. The van der Waals surface area contributed by atoms with E-state index in [1.807, 2.05) is 0 Å². The Balaban J connectivity index is 3.40. The van der Waals surface area contributed by atoms with Gasteiger partial charge in [0.05, 0.1) is 0 Å². The van der Waals surface area contributed by atoms with Gasteiger partial charge in [0.15, 0.2) is 0 Å². The molecule has 0 heterocycles. The Bertz CT molecular complexity index is 239. The number of unbranched alkanes of at least 4 members (excludes halogenated alkanes) is 1. The fourth-order valence-electron chi connectivity index (χ4n) is 1.03. The summed E-state index contributed by atoms with van der Waals surface area (Å²) >= 11 is 0. The van der Waals surface area contributed by atoms with Crippen LogP contribution in [0.1, 0.15) is 26.2 Å². The van der Waals surface area contributed by atoms with Crippen LogP contribution in [0.3, 0.4) is 0 Å². The van der Waals surface area contributed by atoms with E-state index < -0.39 is 12.0 Å². The van der Waals surface area contributed by atoms with Crippen molar-refractivity contribution in [1.29, 1.82) is 0 Å². The van der Waals surface area contributed by atoms with Gasteiger partial charge in [-0.3, -0.25) is 9.59 Å². The van der Waals surface area contributed by atoms with Gasteiger partial charge >= 0.3 is 5.97 Å². The zero-order chi connectivity index (χ0) is 11.7. The first-order valence-electron chi connectivity index (χ1n) is 4.97. The molecule has 0 aliphatic heterocycles. The molecule has 0 saturated carbocycles. The molecule has 0 aliphatic carbocycles. The topological polar surface area (TPSA) is 92.4 Å². The van der Waals surface area contributed by atoms with Crippen LogP contribution in [0.4, 0.5) is 0 Å². The van der Waals surface area contributed by atoms with E-state index in [-0.39, 0.29) is 5.91 Å². The van der Waals surface area contributed by atoms with Gasteiger partial charge in [0.2, 0.25) is 5.91 Å². The summed E-state index contributed by atoms with van der Waals surface area (Å²) in [5.41, 5.74) is 5.31. The number of hydrogen-bond donors (Lipinski definition) is 3. The highest BCUT2D eigenvalue weighted by Gasteiger charge is 2.09. The van der Waals surface area contributed by atoms with Gasteiger partial charge in [-0.25, -0.2) is 0 Å². The number of nitrogens with two attached hydrogens (primary N) is 1.